The average Bonchev–Trinajstić information content (AvgIpc) is 2.77. The third-order valence-electron chi connectivity index (χ3n) is 4.00. The van der Waals surface area contributed by atoms with Crippen LogP contribution in [0.2, 0.25) is 0 Å². The fraction of sp³-hybridized carbons (Fsp3) is 0.769. The van der Waals surface area contributed by atoms with E-state index >= 15 is 0 Å². The van der Waals surface area contributed by atoms with E-state index < -0.39 is 0 Å². The molecule has 1 amide bonds. The summed E-state index contributed by atoms with van der Waals surface area (Å²) in [6.07, 6.45) is 1.94. The van der Waals surface area contributed by atoms with Crippen LogP contribution in [0.5, 0.6) is 0 Å². The van der Waals surface area contributed by atoms with E-state index in [2.05, 4.69) is 10.1 Å². The third kappa shape index (κ3) is 2.36. The number of carbonyl (C=O) groups is 1. The van der Waals surface area contributed by atoms with Crippen molar-refractivity contribution in [1.82, 2.24) is 19.7 Å². The van der Waals surface area contributed by atoms with Crippen LogP contribution in [0.15, 0.2) is 0 Å². The number of nitrogens with zero attached hydrogens (tertiary/aromatic N) is 4. The molecule has 6 heteroatoms. The predicted molar refractivity (Wildman–Crippen MR) is 68.3 cm³/mol. The summed E-state index contributed by atoms with van der Waals surface area (Å²) in [5, 5.41) is 4.32. The van der Waals surface area contributed by atoms with Crippen LogP contribution in [0.4, 0.5) is 0 Å². The summed E-state index contributed by atoms with van der Waals surface area (Å²) in [6, 6.07) is 0. The van der Waals surface area contributed by atoms with Gasteiger partial charge in [0.15, 0.2) is 0 Å². The molecule has 0 aromatic carbocycles. The minimum Gasteiger partial charge on any atom is -0.378 e. The molecule has 0 saturated carbocycles. The van der Waals surface area contributed by atoms with Crippen LogP contribution in [-0.2, 0) is 22.6 Å². The molecule has 104 valence electrons. The molecular weight excluding hydrogens is 244 g/mol. The molecule has 19 heavy (non-hydrogen) atoms. The second-order valence-corrected chi connectivity index (χ2v) is 5.38. The molecule has 1 aromatic rings. The minimum atomic E-state index is 0.00400. The maximum absolute atomic E-state index is 12.6. The lowest BCUT2D eigenvalue weighted by Crippen LogP contribution is -2.46. The van der Waals surface area contributed by atoms with Crippen LogP contribution < -0.4 is 0 Å². The molecule has 0 N–H and O–H groups in total. The molecule has 2 atom stereocenters. The van der Waals surface area contributed by atoms with Crippen LogP contribution in [0.1, 0.15) is 31.4 Å². The molecule has 1 saturated heterocycles. The zero-order chi connectivity index (χ0) is 13.4. The van der Waals surface area contributed by atoms with Gasteiger partial charge in [0.2, 0.25) is 5.91 Å². The number of hydrogen-bond donors (Lipinski definition) is 0. The second-order valence-electron chi connectivity index (χ2n) is 5.38. The molecule has 2 aliphatic heterocycles. The van der Waals surface area contributed by atoms with E-state index in [-0.39, 0.29) is 17.9 Å². The standard InChI is InChI=1S/C13H20N4O2/c1-9-11(4-3-7-19-9)13(18)16-5-6-17-12(8-16)14-10(2)15-17/h9,11H,3-8H2,1-2H3/t9-,11+/m0/s1. The monoisotopic (exact) mass is 264 g/mol. The first-order valence-corrected chi connectivity index (χ1v) is 6.96. The molecule has 0 radical (unpaired) electrons. The second kappa shape index (κ2) is 4.92. The lowest BCUT2D eigenvalue weighted by molar-refractivity contribution is -0.145. The molecule has 0 unspecified atom stereocenters. The van der Waals surface area contributed by atoms with E-state index in [1.165, 1.54) is 0 Å². The highest BCUT2D eigenvalue weighted by atomic mass is 16.5. The summed E-state index contributed by atoms with van der Waals surface area (Å²) >= 11 is 0. The van der Waals surface area contributed by atoms with Crippen LogP contribution >= 0.6 is 0 Å². The Morgan fingerprint density at radius 2 is 2.26 bits per heavy atom. The van der Waals surface area contributed by atoms with Crippen molar-refractivity contribution in [2.24, 2.45) is 5.92 Å². The molecule has 1 fully saturated rings. The molecule has 6 nitrogen and oxygen atoms in total. The van der Waals surface area contributed by atoms with Crippen molar-refractivity contribution in [3.63, 3.8) is 0 Å². The number of aryl methyl sites for hydroxylation is 1. The molecule has 1 aromatic heterocycles. The highest BCUT2D eigenvalue weighted by Gasteiger charge is 2.33. The average molecular weight is 264 g/mol. The molecule has 2 aliphatic rings. The summed E-state index contributed by atoms with van der Waals surface area (Å²) in [7, 11) is 0. The van der Waals surface area contributed by atoms with E-state index in [9.17, 15) is 4.79 Å². The summed E-state index contributed by atoms with van der Waals surface area (Å²) in [4.78, 5) is 18.8. The first kappa shape index (κ1) is 12.6. The summed E-state index contributed by atoms with van der Waals surface area (Å²) in [5.41, 5.74) is 0. The van der Waals surface area contributed by atoms with Crippen LogP contribution in [0, 0.1) is 12.8 Å². The van der Waals surface area contributed by atoms with E-state index in [0.29, 0.717) is 6.54 Å². The quantitative estimate of drug-likeness (QED) is 0.751. The number of fused-ring (bicyclic) bond motifs is 1. The van der Waals surface area contributed by atoms with Gasteiger partial charge in [-0.05, 0) is 26.7 Å². The SMILES string of the molecule is Cc1nc2n(n1)CCN(C(=O)[C@@H]1CCCO[C@H]1C)C2. The molecule has 0 bridgehead atoms. The highest BCUT2D eigenvalue weighted by molar-refractivity contribution is 5.79. The van der Waals surface area contributed by atoms with Gasteiger partial charge in [0.25, 0.3) is 0 Å². The van der Waals surface area contributed by atoms with Crippen molar-refractivity contribution in [1.29, 1.82) is 0 Å². The Morgan fingerprint density at radius 3 is 3.05 bits per heavy atom. The predicted octanol–water partition coefficient (Wildman–Crippen LogP) is 0.744. The molecule has 0 spiro atoms. The van der Waals surface area contributed by atoms with E-state index in [1.54, 1.807) is 0 Å². The van der Waals surface area contributed by atoms with Gasteiger partial charge in [0, 0.05) is 13.2 Å². The van der Waals surface area contributed by atoms with Crippen LogP contribution in [-0.4, -0.2) is 44.8 Å². The van der Waals surface area contributed by atoms with Gasteiger partial charge < -0.3 is 9.64 Å². The van der Waals surface area contributed by atoms with Gasteiger partial charge in [-0.1, -0.05) is 0 Å². The van der Waals surface area contributed by atoms with Crippen molar-refractivity contribution in [2.45, 2.75) is 45.9 Å². The van der Waals surface area contributed by atoms with Gasteiger partial charge >= 0.3 is 0 Å². The lowest BCUT2D eigenvalue weighted by Gasteiger charge is -2.34. The number of rotatable bonds is 1. The van der Waals surface area contributed by atoms with E-state index in [4.69, 9.17) is 4.74 Å². The van der Waals surface area contributed by atoms with Crippen molar-refractivity contribution in [3.8, 4) is 0 Å². The number of carbonyl (C=O) groups excluding carboxylic acids is 1. The Bertz CT molecular complexity index is 485. The lowest BCUT2D eigenvalue weighted by atomic mass is 9.93. The maximum atomic E-state index is 12.6. The minimum absolute atomic E-state index is 0.00400. The summed E-state index contributed by atoms with van der Waals surface area (Å²) in [5.74, 6) is 1.88. The fourth-order valence-electron chi connectivity index (χ4n) is 2.93. The summed E-state index contributed by atoms with van der Waals surface area (Å²) in [6.45, 7) is 6.69. The van der Waals surface area contributed by atoms with Crippen LogP contribution in [0.25, 0.3) is 0 Å². The van der Waals surface area contributed by atoms with Crippen molar-refractivity contribution < 1.29 is 9.53 Å². The van der Waals surface area contributed by atoms with E-state index in [1.807, 2.05) is 23.4 Å². The largest absolute Gasteiger partial charge is 0.378 e. The topological polar surface area (TPSA) is 60.2 Å². The summed E-state index contributed by atoms with van der Waals surface area (Å²) < 4.78 is 7.50. The first-order valence-electron chi connectivity index (χ1n) is 6.96. The Morgan fingerprint density at radius 1 is 1.42 bits per heavy atom. The van der Waals surface area contributed by atoms with Crippen molar-refractivity contribution in [2.75, 3.05) is 13.2 Å². The molecule has 3 rings (SSSR count). The fourth-order valence-corrected chi connectivity index (χ4v) is 2.93. The van der Waals surface area contributed by atoms with Gasteiger partial charge in [-0.2, -0.15) is 5.10 Å². The van der Waals surface area contributed by atoms with Gasteiger partial charge in [0.1, 0.15) is 11.6 Å². The number of ether oxygens (including phenoxy) is 1. The van der Waals surface area contributed by atoms with Gasteiger partial charge in [-0.3, -0.25) is 4.79 Å². The molecule has 0 aliphatic carbocycles. The number of aromatic nitrogens is 3. The third-order valence-corrected chi connectivity index (χ3v) is 4.00. The van der Waals surface area contributed by atoms with Crippen LogP contribution in [0.3, 0.4) is 0 Å². The van der Waals surface area contributed by atoms with E-state index in [0.717, 1.165) is 44.2 Å². The Hall–Kier alpha value is -1.43. The molecule has 3 heterocycles. The van der Waals surface area contributed by atoms with Gasteiger partial charge in [-0.25, -0.2) is 9.67 Å². The Labute approximate surface area is 112 Å². The van der Waals surface area contributed by atoms with Crippen molar-refractivity contribution >= 4 is 5.91 Å². The molecular formula is C13H20N4O2. The maximum Gasteiger partial charge on any atom is 0.228 e. The first-order chi connectivity index (χ1) is 9.15. The number of amides is 1. The Balaban J connectivity index is 1.71. The van der Waals surface area contributed by atoms with Gasteiger partial charge in [-0.15, -0.1) is 0 Å². The van der Waals surface area contributed by atoms with Gasteiger partial charge in [0.05, 0.1) is 25.1 Å². The zero-order valence-electron chi connectivity index (χ0n) is 11.5. The smallest absolute Gasteiger partial charge is 0.228 e. The number of hydrogen-bond acceptors (Lipinski definition) is 4. The van der Waals surface area contributed by atoms with Crippen molar-refractivity contribution in [3.05, 3.63) is 11.6 Å². The highest BCUT2D eigenvalue weighted by Crippen LogP contribution is 2.24. The zero-order valence-corrected chi connectivity index (χ0v) is 11.5. The normalized spacial score (nSPS) is 27.2. The Kier molecular flexibility index (Phi) is 3.26.